The zero-order valence-electron chi connectivity index (χ0n) is 24.4. The third kappa shape index (κ3) is 6.24. The number of carbonyl (C=O) groups excluding carboxylic acids is 2. The lowest BCUT2D eigenvalue weighted by molar-refractivity contribution is -0.140. The summed E-state index contributed by atoms with van der Waals surface area (Å²) < 4.78 is 46.3. The number of likely N-dealkylation sites (tertiary alicyclic amines) is 1. The van der Waals surface area contributed by atoms with Gasteiger partial charge in [0.05, 0.1) is 26.0 Å². The van der Waals surface area contributed by atoms with Crippen molar-refractivity contribution in [3.8, 4) is 5.75 Å². The molecular formula is C32H38N2O7S. The van der Waals surface area contributed by atoms with E-state index >= 15 is 0 Å². The number of carbonyl (C=O) groups is 2. The molecule has 3 aromatic rings. The van der Waals surface area contributed by atoms with Gasteiger partial charge >= 0.3 is 5.97 Å². The highest BCUT2D eigenvalue weighted by Crippen LogP contribution is 2.35. The molecule has 1 saturated heterocycles. The van der Waals surface area contributed by atoms with Gasteiger partial charge in [0.1, 0.15) is 22.5 Å². The number of ether oxygens (including phenoxy) is 2. The van der Waals surface area contributed by atoms with Crippen molar-refractivity contribution >= 4 is 21.9 Å². The molecule has 2 aliphatic rings. The van der Waals surface area contributed by atoms with Crippen molar-refractivity contribution in [3.05, 3.63) is 82.8 Å². The van der Waals surface area contributed by atoms with E-state index in [0.717, 1.165) is 42.4 Å². The first-order valence-electron chi connectivity index (χ1n) is 14.5. The van der Waals surface area contributed by atoms with Crippen LogP contribution in [-0.4, -0.2) is 62.3 Å². The van der Waals surface area contributed by atoms with Crippen molar-refractivity contribution in [2.75, 3.05) is 26.7 Å². The number of fused-ring (bicyclic) bond motifs is 1. The Morgan fingerprint density at radius 3 is 2.57 bits per heavy atom. The maximum atomic E-state index is 13.8. The highest BCUT2D eigenvalue weighted by atomic mass is 32.2. The Kier molecular flexibility index (Phi) is 9.03. The number of methoxy groups -OCH3 is 1. The summed E-state index contributed by atoms with van der Waals surface area (Å²) in [4.78, 5) is 27.4. The largest absolute Gasteiger partial charge is 0.488 e. The Morgan fingerprint density at radius 2 is 1.83 bits per heavy atom. The minimum absolute atomic E-state index is 0.00562. The fraction of sp³-hybridized carbons (Fsp3) is 0.438. The molecule has 3 heterocycles. The topological polar surface area (TPSA) is 106 Å². The van der Waals surface area contributed by atoms with E-state index in [1.165, 1.54) is 11.4 Å². The molecule has 0 radical (unpaired) electrons. The van der Waals surface area contributed by atoms with E-state index in [1.807, 2.05) is 32.0 Å². The van der Waals surface area contributed by atoms with Crippen LogP contribution in [0.5, 0.6) is 5.75 Å². The second-order valence-electron chi connectivity index (χ2n) is 11.0. The minimum atomic E-state index is -3.83. The Labute approximate surface area is 247 Å². The van der Waals surface area contributed by atoms with Crippen LogP contribution in [0.3, 0.4) is 0 Å². The van der Waals surface area contributed by atoms with Gasteiger partial charge in [0, 0.05) is 19.6 Å². The first-order valence-corrected chi connectivity index (χ1v) is 16.0. The number of hydrogen-bond donors (Lipinski definition) is 0. The van der Waals surface area contributed by atoms with Crippen molar-refractivity contribution in [1.82, 2.24) is 9.21 Å². The zero-order chi connectivity index (χ0) is 29.9. The molecule has 2 aromatic carbocycles. The summed E-state index contributed by atoms with van der Waals surface area (Å²) in [6, 6.07) is 15.9. The molecule has 0 aliphatic carbocycles. The van der Waals surface area contributed by atoms with Crippen LogP contribution in [-0.2, 0) is 26.1 Å². The Bertz CT molecular complexity index is 1540. The summed E-state index contributed by atoms with van der Waals surface area (Å²) in [6.07, 6.45) is 3.25. The number of rotatable bonds is 9. The molecule has 1 aromatic heterocycles. The maximum Gasteiger partial charge on any atom is 0.306 e. The molecule has 0 spiro atoms. The summed E-state index contributed by atoms with van der Waals surface area (Å²) in [5.41, 5.74) is 2.49. The highest BCUT2D eigenvalue weighted by molar-refractivity contribution is 7.89. The minimum Gasteiger partial charge on any atom is -0.488 e. The summed E-state index contributed by atoms with van der Waals surface area (Å²) in [5.74, 6) is -0.00234. The normalized spacial score (nSPS) is 19.0. The van der Waals surface area contributed by atoms with Crippen molar-refractivity contribution in [2.45, 2.75) is 69.4 Å². The number of benzene rings is 2. The second-order valence-corrected chi connectivity index (χ2v) is 12.9. The molecule has 2 aliphatic heterocycles. The zero-order valence-corrected chi connectivity index (χ0v) is 25.2. The van der Waals surface area contributed by atoms with Gasteiger partial charge in [-0.2, -0.15) is 4.31 Å². The van der Waals surface area contributed by atoms with E-state index in [4.69, 9.17) is 13.9 Å². The van der Waals surface area contributed by atoms with Crippen molar-refractivity contribution < 1.29 is 31.9 Å². The van der Waals surface area contributed by atoms with Gasteiger partial charge in [-0.15, -0.1) is 0 Å². The van der Waals surface area contributed by atoms with Crippen LogP contribution in [0.25, 0.3) is 0 Å². The van der Waals surface area contributed by atoms with Crippen LogP contribution in [0, 0.1) is 6.92 Å². The average molecular weight is 595 g/mol. The number of furan rings is 1. The van der Waals surface area contributed by atoms with Gasteiger partial charge in [0.25, 0.3) is 5.91 Å². The van der Waals surface area contributed by atoms with Gasteiger partial charge < -0.3 is 18.8 Å². The molecule has 42 heavy (non-hydrogen) atoms. The monoisotopic (exact) mass is 594 g/mol. The SMILES string of the molecule is CCC[C@@H]1CN(Cc2cc(C(CC(=O)OC)c3ccc(C(=O)N4CCCC4)o3)ccc2C)S(=O)(=O)c2ccccc2O1. The molecular weight excluding hydrogens is 556 g/mol. The van der Waals surface area contributed by atoms with Crippen LogP contribution < -0.4 is 4.74 Å². The second kappa shape index (κ2) is 12.7. The van der Waals surface area contributed by atoms with Crippen molar-refractivity contribution in [3.63, 3.8) is 0 Å². The van der Waals surface area contributed by atoms with E-state index in [9.17, 15) is 18.0 Å². The molecule has 1 fully saturated rings. The number of sulfonamides is 1. The summed E-state index contributed by atoms with van der Waals surface area (Å²) in [5, 5.41) is 0. The Balaban J connectivity index is 1.48. The van der Waals surface area contributed by atoms with Gasteiger partial charge in [0.2, 0.25) is 10.0 Å². The van der Waals surface area contributed by atoms with Crippen LogP contribution >= 0.6 is 0 Å². The first-order chi connectivity index (χ1) is 20.2. The van der Waals surface area contributed by atoms with Crippen LogP contribution in [0.4, 0.5) is 0 Å². The Morgan fingerprint density at radius 1 is 1.07 bits per heavy atom. The summed E-state index contributed by atoms with van der Waals surface area (Å²) >= 11 is 0. The van der Waals surface area contributed by atoms with E-state index in [-0.39, 0.29) is 42.2 Å². The van der Waals surface area contributed by atoms with Crippen molar-refractivity contribution in [2.24, 2.45) is 0 Å². The molecule has 2 atom stereocenters. The standard InChI is InChI=1S/C32H38N2O7S/c1-4-9-25-21-34(42(37,38)30-11-6-5-10-28(30)40-25)20-24-18-23(13-12-22(24)2)26(19-31(35)39-3)27-14-15-29(41-27)32(36)33-16-7-8-17-33/h5-6,10-15,18,25-26H,4,7-9,16-17,19-21H2,1-3H3/t25-,26?/m1/s1. The molecule has 5 rings (SSSR count). The van der Waals surface area contributed by atoms with Crippen LogP contribution in [0.15, 0.2) is 63.9 Å². The fourth-order valence-corrected chi connectivity index (χ4v) is 7.27. The molecule has 0 saturated carbocycles. The molecule has 10 heteroatoms. The van der Waals surface area contributed by atoms with Gasteiger partial charge in [0.15, 0.2) is 5.76 Å². The molecule has 1 unspecified atom stereocenters. The van der Waals surface area contributed by atoms with Crippen molar-refractivity contribution in [1.29, 1.82) is 0 Å². The fourth-order valence-electron chi connectivity index (χ4n) is 5.70. The summed E-state index contributed by atoms with van der Waals surface area (Å²) in [7, 11) is -2.50. The molecule has 1 amide bonds. The number of esters is 1. The average Bonchev–Trinajstić information content (AvgIpc) is 3.68. The maximum absolute atomic E-state index is 13.8. The van der Waals surface area contributed by atoms with Crippen LogP contribution in [0.2, 0.25) is 0 Å². The molecule has 224 valence electrons. The van der Waals surface area contributed by atoms with Gasteiger partial charge in [-0.1, -0.05) is 43.7 Å². The highest BCUT2D eigenvalue weighted by Gasteiger charge is 2.35. The number of aryl methyl sites for hydroxylation is 1. The number of para-hydroxylation sites is 1. The molecule has 0 bridgehead atoms. The van der Waals surface area contributed by atoms with Gasteiger partial charge in [-0.25, -0.2) is 8.42 Å². The van der Waals surface area contributed by atoms with E-state index in [2.05, 4.69) is 0 Å². The lowest BCUT2D eigenvalue weighted by atomic mass is 9.90. The smallest absolute Gasteiger partial charge is 0.306 e. The number of amides is 1. The number of nitrogens with zero attached hydrogens (tertiary/aromatic N) is 2. The van der Waals surface area contributed by atoms with Gasteiger partial charge in [-0.05, 0) is 67.1 Å². The Hall–Kier alpha value is -3.63. The molecule has 0 N–H and O–H groups in total. The van der Waals surface area contributed by atoms with E-state index in [1.54, 1.807) is 41.3 Å². The number of hydrogen-bond acceptors (Lipinski definition) is 7. The third-order valence-corrected chi connectivity index (χ3v) is 9.92. The lowest BCUT2D eigenvalue weighted by Gasteiger charge is -2.24. The first kappa shape index (κ1) is 29.8. The summed E-state index contributed by atoms with van der Waals surface area (Å²) in [6.45, 7) is 5.76. The quantitative estimate of drug-likeness (QED) is 0.311. The lowest BCUT2D eigenvalue weighted by Crippen LogP contribution is -2.36. The molecule has 9 nitrogen and oxygen atoms in total. The predicted molar refractivity (Wildman–Crippen MR) is 157 cm³/mol. The van der Waals surface area contributed by atoms with Crippen LogP contribution in [0.1, 0.15) is 78.0 Å². The third-order valence-electron chi connectivity index (χ3n) is 8.07. The van der Waals surface area contributed by atoms with Gasteiger partial charge in [-0.3, -0.25) is 9.59 Å². The predicted octanol–water partition coefficient (Wildman–Crippen LogP) is 5.27. The van der Waals surface area contributed by atoms with E-state index < -0.39 is 21.9 Å². The van der Waals surface area contributed by atoms with E-state index in [0.29, 0.717) is 24.6 Å².